The molecule has 0 saturated carbocycles. The van der Waals surface area contributed by atoms with E-state index in [1.807, 2.05) is 12.3 Å². The molecule has 0 spiro atoms. The molecule has 0 saturated heterocycles. The molecule has 0 heterocycles. The van der Waals surface area contributed by atoms with Crippen LogP contribution in [0.25, 0.3) is 0 Å². The lowest BCUT2D eigenvalue weighted by molar-refractivity contribution is 0.841. The molecule has 1 heteroatoms. The van der Waals surface area contributed by atoms with E-state index in [-0.39, 0.29) is 0 Å². The number of allylic oxidation sites excluding steroid dienone is 2. The van der Waals surface area contributed by atoms with Crippen LogP contribution in [0.4, 0.5) is 0 Å². The van der Waals surface area contributed by atoms with Gasteiger partial charge in [-0.2, -0.15) is 0 Å². The van der Waals surface area contributed by atoms with Crippen molar-refractivity contribution in [3.63, 3.8) is 0 Å². The van der Waals surface area contributed by atoms with Crippen molar-refractivity contribution in [1.82, 2.24) is 0 Å². The highest BCUT2D eigenvalue weighted by Gasteiger charge is 1.79. The average molecular weight is 125 g/mol. The van der Waals surface area contributed by atoms with Gasteiger partial charge < -0.3 is 0 Å². The van der Waals surface area contributed by atoms with Gasteiger partial charge in [-0.1, -0.05) is 5.57 Å². The summed E-state index contributed by atoms with van der Waals surface area (Å²) in [6.07, 6.45) is 3.88. The van der Waals surface area contributed by atoms with Crippen molar-refractivity contribution in [3.05, 3.63) is 11.6 Å². The summed E-state index contributed by atoms with van der Waals surface area (Å²) < 4.78 is 0. The zero-order chi connectivity index (χ0) is 7.28. The van der Waals surface area contributed by atoms with Gasteiger partial charge in [0.15, 0.2) is 0 Å². The van der Waals surface area contributed by atoms with Crippen molar-refractivity contribution >= 4 is 6.21 Å². The van der Waals surface area contributed by atoms with Crippen LogP contribution in [0.5, 0.6) is 0 Å². The molecule has 0 N–H and O–H groups in total. The summed E-state index contributed by atoms with van der Waals surface area (Å²) in [5.74, 6) is 0. The van der Waals surface area contributed by atoms with Crippen molar-refractivity contribution in [2.24, 2.45) is 4.99 Å². The number of hydrogen-bond donors (Lipinski definition) is 0. The minimum atomic E-state index is 0.417. The lowest BCUT2D eigenvalue weighted by Gasteiger charge is -1.90. The second-order valence-electron chi connectivity index (χ2n) is 2.64. The first-order valence-corrected chi connectivity index (χ1v) is 3.29. The van der Waals surface area contributed by atoms with Gasteiger partial charge in [-0.25, -0.2) is 0 Å². The molecule has 0 aliphatic heterocycles. The van der Waals surface area contributed by atoms with Gasteiger partial charge in [-0.05, 0) is 33.8 Å². The van der Waals surface area contributed by atoms with Gasteiger partial charge in [0.1, 0.15) is 0 Å². The molecule has 52 valence electrons. The maximum Gasteiger partial charge on any atom is 0.0443 e. The van der Waals surface area contributed by atoms with Gasteiger partial charge in [0.05, 0.1) is 0 Å². The zero-order valence-corrected chi connectivity index (χ0v) is 6.68. The summed E-state index contributed by atoms with van der Waals surface area (Å²) in [6.45, 7) is 8.25. The van der Waals surface area contributed by atoms with Crippen molar-refractivity contribution < 1.29 is 0 Å². The molecular weight excluding hydrogens is 110 g/mol. The first kappa shape index (κ1) is 8.41. The highest BCUT2D eigenvalue weighted by molar-refractivity contribution is 5.71. The number of nitrogens with zero attached hydrogens (tertiary/aromatic N) is 1. The predicted molar refractivity (Wildman–Crippen MR) is 43.1 cm³/mol. The highest BCUT2D eigenvalue weighted by Crippen LogP contribution is 1.87. The quantitative estimate of drug-likeness (QED) is 0.503. The van der Waals surface area contributed by atoms with Crippen LogP contribution < -0.4 is 0 Å². The Morgan fingerprint density at radius 3 is 2.22 bits per heavy atom. The summed E-state index contributed by atoms with van der Waals surface area (Å²) in [6, 6.07) is 0.417. The largest absolute Gasteiger partial charge is 0.290 e. The van der Waals surface area contributed by atoms with Crippen LogP contribution in [0, 0.1) is 0 Å². The summed E-state index contributed by atoms with van der Waals surface area (Å²) in [5, 5.41) is 0. The van der Waals surface area contributed by atoms with Crippen LogP contribution in [0.15, 0.2) is 16.6 Å². The SMILES string of the molecule is CC(C)=C/C=N\C(C)C. The fourth-order valence-electron chi connectivity index (χ4n) is 0.364. The second-order valence-corrected chi connectivity index (χ2v) is 2.64. The Morgan fingerprint density at radius 2 is 1.89 bits per heavy atom. The van der Waals surface area contributed by atoms with Gasteiger partial charge in [0, 0.05) is 12.3 Å². The third-order valence-electron chi connectivity index (χ3n) is 0.792. The van der Waals surface area contributed by atoms with Gasteiger partial charge in [0.2, 0.25) is 0 Å². The van der Waals surface area contributed by atoms with Gasteiger partial charge >= 0.3 is 0 Å². The Bertz CT molecular complexity index is 117. The molecule has 0 atom stereocenters. The minimum absolute atomic E-state index is 0.417. The van der Waals surface area contributed by atoms with Crippen LogP contribution >= 0.6 is 0 Å². The lowest BCUT2D eigenvalue weighted by Crippen LogP contribution is -1.86. The van der Waals surface area contributed by atoms with E-state index in [1.54, 1.807) is 0 Å². The first-order chi connectivity index (χ1) is 4.13. The van der Waals surface area contributed by atoms with Crippen molar-refractivity contribution in [3.8, 4) is 0 Å². The normalized spacial score (nSPS) is 10.8. The standard InChI is InChI=1S/C8H15N/c1-7(2)5-6-9-8(3)4/h5-6,8H,1-4H3/b9-6-. The van der Waals surface area contributed by atoms with Crippen LogP contribution in [0.1, 0.15) is 27.7 Å². The van der Waals surface area contributed by atoms with E-state index in [9.17, 15) is 0 Å². The summed E-state index contributed by atoms with van der Waals surface area (Å²) >= 11 is 0. The second kappa shape index (κ2) is 4.30. The molecule has 0 aromatic heterocycles. The summed E-state index contributed by atoms with van der Waals surface area (Å²) in [4.78, 5) is 4.16. The molecule has 0 aromatic carbocycles. The van der Waals surface area contributed by atoms with Gasteiger partial charge in [-0.3, -0.25) is 4.99 Å². The molecular formula is C8H15N. The Balaban J connectivity index is 3.60. The van der Waals surface area contributed by atoms with Crippen LogP contribution in [-0.4, -0.2) is 12.3 Å². The van der Waals surface area contributed by atoms with Crippen LogP contribution in [0.2, 0.25) is 0 Å². The van der Waals surface area contributed by atoms with E-state index in [1.165, 1.54) is 5.57 Å². The maximum atomic E-state index is 4.16. The van der Waals surface area contributed by atoms with Crippen molar-refractivity contribution in [2.75, 3.05) is 0 Å². The lowest BCUT2D eigenvalue weighted by atomic mass is 10.3. The third kappa shape index (κ3) is 7.41. The van der Waals surface area contributed by atoms with Crippen molar-refractivity contribution in [1.29, 1.82) is 0 Å². The van der Waals surface area contributed by atoms with E-state index in [4.69, 9.17) is 0 Å². The number of rotatable bonds is 2. The van der Waals surface area contributed by atoms with E-state index in [0.29, 0.717) is 6.04 Å². The van der Waals surface area contributed by atoms with E-state index in [2.05, 4.69) is 32.7 Å². The molecule has 1 nitrogen and oxygen atoms in total. The molecule has 0 unspecified atom stereocenters. The van der Waals surface area contributed by atoms with Crippen molar-refractivity contribution in [2.45, 2.75) is 33.7 Å². The fraction of sp³-hybridized carbons (Fsp3) is 0.625. The average Bonchev–Trinajstić information content (AvgIpc) is 1.63. The molecule has 0 aromatic rings. The Labute approximate surface area is 57.5 Å². The summed E-state index contributed by atoms with van der Waals surface area (Å²) in [5.41, 5.74) is 1.29. The molecule has 0 radical (unpaired) electrons. The topological polar surface area (TPSA) is 12.4 Å². The van der Waals surface area contributed by atoms with Gasteiger partial charge in [0.25, 0.3) is 0 Å². The molecule has 0 rings (SSSR count). The fourth-order valence-corrected chi connectivity index (χ4v) is 0.364. The molecule has 0 bridgehead atoms. The molecule has 0 aliphatic rings. The van der Waals surface area contributed by atoms with Gasteiger partial charge in [-0.15, -0.1) is 0 Å². The number of hydrogen-bond acceptors (Lipinski definition) is 1. The maximum absolute atomic E-state index is 4.16. The van der Waals surface area contributed by atoms with E-state index in [0.717, 1.165) is 0 Å². The zero-order valence-electron chi connectivity index (χ0n) is 6.68. The first-order valence-electron chi connectivity index (χ1n) is 3.29. The molecule has 0 fully saturated rings. The molecule has 9 heavy (non-hydrogen) atoms. The highest BCUT2D eigenvalue weighted by atomic mass is 14.7. The van der Waals surface area contributed by atoms with Crippen LogP contribution in [-0.2, 0) is 0 Å². The third-order valence-corrected chi connectivity index (χ3v) is 0.792. The van der Waals surface area contributed by atoms with Crippen LogP contribution in [0.3, 0.4) is 0 Å². The van der Waals surface area contributed by atoms with E-state index < -0.39 is 0 Å². The minimum Gasteiger partial charge on any atom is -0.290 e. The monoisotopic (exact) mass is 125 g/mol. The smallest absolute Gasteiger partial charge is 0.0443 e. The number of aliphatic imine (C=N–C) groups is 1. The predicted octanol–water partition coefficient (Wildman–Crippen LogP) is 2.43. The Hall–Kier alpha value is -0.590. The Kier molecular flexibility index (Phi) is 4.02. The molecule has 0 amide bonds. The molecule has 0 aliphatic carbocycles. The summed E-state index contributed by atoms with van der Waals surface area (Å²) in [7, 11) is 0. The Morgan fingerprint density at radius 1 is 1.33 bits per heavy atom. The van der Waals surface area contributed by atoms with E-state index >= 15 is 0 Å².